The zero-order valence-electron chi connectivity index (χ0n) is 14.1. The van der Waals surface area contributed by atoms with Gasteiger partial charge in [-0.25, -0.2) is 4.79 Å². The van der Waals surface area contributed by atoms with Crippen molar-refractivity contribution in [1.29, 1.82) is 0 Å². The zero-order chi connectivity index (χ0) is 15.7. The lowest BCUT2D eigenvalue weighted by molar-refractivity contribution is -0.130. The molecule has 116 valence electrons. The first kappa shape index (κ1) is 17.2. The normalized spacial score (nSPS) is 20.8. The number of urea groups is 1. The van der Waals surface area contributed by atoms with Gasteiger partial charge in [-0.2, -0.15) is 0 Å². The maximum absolute atomic E-state index is 12.9. The Morgan fingerprint density at radius 2 is 1.45 bits per heavy atom. The van der Waals surface area contributed by atoms with E-state index < -0.39 is 8.24 Å². The molecule has 1 unspecified atom stereocenters. The molecule has 0 saturated carbocycles. The third-order valence-electron chi connectivity index (χ3n) is 4.81. The number of amides is 3. The zero-order valence-corrected chi connectivity index (χ0v) is 15.1. The highest BCUT2D eigenvalue weighted by Crippen LogP contribution is 2.35. The lowest BCUT2D eigenvalue weighted by Gasteiger charge is -2.41. The molecule has 1 aliphatic rings. The minimum atomic E-state index is -1.88. The van der Waals surface area contributed by atoms with Crippen molar-refractivity contribution >= 4 is 20.2 Å². The van der Waals surface area contributed by atoms with E-state index in [0.717, 1.165) is 18.1 Å². The van der Waals surface area contributed by atoms with Gasteiger partial charge >= 0.3 is 6.03 Å². The Balaban J connectivity index is 3.33. The van der Waals surface area contributed by atoms with E-state index in [9.17, 15) is 9.59 Å². The summed E-state index contributed by atoms with van der Waals surface area (Å²) in [6, 6.07) is 2.71. The van der Waals surface area contributed by atoms with Crippen LogP contribution in [0.2, 0.25) is 18.1 Å². The van der Waals surface area contributed by atoms with Gasteiger partial charge in [0.25, 0.3) is 5.91 Å². The third kappa shape index (κ3) is 2.52. The van der Waals surface area contributed by atoms with Crippen molar-refractivity contribution in [2.75, 3.05) is 0 Å². The van der Waals surface area contributed by atoms with Crippen molar-refractivity contribution in [3.8, 4) is 0 Å². The molecule has 0 aromatic carbocycles. The van der Waals surface area contributed by atoms with E-state index in [-0.39, 0.29) is 29.9 Å². The number of hydrogen-bond acceptors (Lipinski definition) is 2. The summed E-state index contributed by atoms with van der Waals surface area (Å²) in [5.74, 6) is 0.180. The molecule has 5 heteroatoms. The fourth-order valence-electron chi connectivity index (χ4n) is 3.40. The van der Waals surface area contributed by atoms with Gasteiger partial charge in [-0.05, 0) is 37.9 Å². The number of imide groups is 1. The first-order chi connectivity index (χ1) is 9.27. The van der Waals surface area contributed by atoms with E-state index >= 15 is 0 Å². The van der Waals surface area contributed by atoms with Crippen LogP contribution >= 0.6 is 0 Å². The van der Waals surface area contributed by atoms with Crippen molar-refractivity contribution < 1.29 is 9.59 Å². The molecular weight excluding hydrogens is 268 g/mol. The number of carbonyl (C=O) groups is 2. The van der Waals surface area contributed by atoms with Gasteiger partial charge in [-0.1, -0.05) is 34.6 Å². The van der Waals surface area contributed by atoms with Crippen molar-refractivity contribution in [3.63, 3.8) is 0 Å². The molecule has 0 aromatic rings. The Kier molecular flexibility index (Phi) is 5.41. The van der Waals surface area contributed by atoms with Crippen LogP contribution in [0.25, 0.3) is 0 Å². The summed E-state index contributed by atoms with van der Waals surface area (Å²) in [5.41, 5.74) is 0. The fourth-order valence-corrected chi connectivity index (χ4v) is 7.43. The third-order valence-corrected chi connectivity index (χ3v) is 10.3. The monoisotopic (exact) mass is 298 g/mol. The SMILES string of the molecule is CC[Si](CC)(CC)N1C(=O)N(C(C)C)C(=O)C1C(C)C. The molecule has 20 heavy (non-hydrogen) atoms. The molecule has 1 fully saturated rings. The summed E-state index contributed by atoms with van der Waals surface area (Å²) >= 11 is 0. The van der Waals surface area contributed by atoms with Gasteiger partial charge in [-0.3, -0.25) is 9.69 Å². The van der Waals surface area contributed by atoms with Crippen molar-refractivity contribution in [2.45, 2.75) is 78.7 Å². The summed E-state index contributed by atoms with van der Waals surface area (Å²) in [7, 11) is -1.88. The quantitative estimate of drug-likeness (QED) is 0.554. The minimum Gasteiger partial charge on any atom is -0.340 e. The first-order valence-corrected chi connectivity index (χ1v) is 10.5. The molecule has 0 N–H and O–H groups in total. The average Bonchev–Trinajstić information content (AvgIpc) is 2.65. The molecule has 1 atom stereocenters. The molecule has 1 saturated heterocycles. The summed E-state index contributed by atoms with van der Waals surface area (Å²) in [6.07, 6.45) is 0. The average molecular weight is 299 g/mol. The van der Waals surface area contributed by atoms with Crippen LogP contribution in [0.15, 0.2) is 0 Å². The van der Waals surface area contributed by atoms with Crippen LogP contribution in [0.3, 0.4) is 0 Å². The standard InChI is InChI=1S/C15H30N2O2Si/c1-8-20(9-2,10-3)17-13(11(4)5)14(18)16(12(6)7)15(17)19/h11-13H,8-10H2,1-7H3. The van der Waals surface area contributed by atoms with E-state index in [1.165, 1.54) is 4.90 Å². The topological polar surface area (TPSA) is 40.6 Å². The summed E-state index contributed by atoms with van der Waals surface area (Å²) < 4.78 is 2.03. The Labute approximate surface area is 124 Å². The van der Waals surface area contributed by atoms with E-state index in [1.807, 2.05) is 32.3 Å². The smallest absolute Gasteiger partial charge is 0.319 e. The van der Waals surface area contributed by atoms with Gasteiger partial charge < -0.3 is 4.57 Å². The number of rotatable bonds is 6. The number of nitrogens with zero attached hydrogens (tertiary/aromatic N) is 2. The summed E-state index contributed by atoms with van der Waals surface area (Å²) in [5, 5.41) is 0. The predicted molar refractivity (Wildman–Crippen MR) is 85.0 cm³/mol. The highest BCUT2D eigenvalue weighted by molar-refractivity contribution is 6.79. The molecule has 3 amide bonds. The van der Waals surface area contributed by atoms with Crippen LogP contribution in [0, 0.1) is 5.92 Å². The molecule has 0 spiro atoms. The lowest BCUT2D eigenvalue weighted by Crippen LogP contribution is -2.58. The molecule has 0 radical (unpaired) electrons. The summed E-state index contributed by atoms with van der Waals surface area (Å²) in [4.78, 5) is 27.0. The van der Waals surface area contributed by atoms with Gasteiger partial charge in [0.1, 0.15) is 6.04 Å². The van der Waals surface area contributed by atoms with Crippen LogP contribution in [0.1, 0.15) is 48.5 Å². The second-order valence-corrected chi connectivity index (χ2v) is 11.5. The van der Waals surface area contributed by atoms with Crippen molar-refractivity contribution in [1.82, 2.24) is 9.47 Å². The van der Waals surface area contributed by atoms with Crippen LogP contribution in [-0.2, 0) is 4.79 Å². The van der Waals surface area contributed by atoms with Crippen LogP contribution in [-0.4, -0.2) is 41.7 Å². The maximum Gasteiger partial charge on any atom is 0.319 e. The summed E-state index contributed by atoms with van der Waals surface area (Å²) in [6.45, 7) is 14.5. The molecule has 1 rings (SSSR count). The largest absolute Gasteiger partial charge is 0.340 e. The molecule has 1 heterocycles. The second-order valence-electron chi connectivity index (χ2n) is 6.43. The molecule has 4 nitrogen and oxygen atoms in total. The predicted octanol–water partition coefficient (Wildman–Crippen LogP) is 3.69. The van der Waals surface area contributed by atoms with Gasteiger partial charge in [0.2, 0.25) is 0 Å². The first-order valence-electron chi connectivity index (χ1n) is 7.93. The molecule has 0 bridgehead atoms. The Morgan fingerprint density at radius 1 is 1.00 bits per heavy atom. The van der Waals surface area contributed by atoms with Gasteiger partial charge in [0.05, 0.1) is 0 Å². The van der Waals surface area contributed by atoms with Crippen LogP contribution < -0.4 is 0 Å². The Hall–Kier alpha value is -0.843. The van der Waals surface area contributed by atoms with Crippen molar-refractivity contribution in [3.05, 3.63) is 0 Å². The maximum atomic E-state index is 12.9. The number of hydrogen-bond donors (Lipinski definition) is 0. The Bertz CT molecular complexity index is 370. The minimum absolute atomic E-state index is 0.00669. The van der Waals surface area contributed by atoms with Crippen molar-refractivity contribution in [2.24, 2.45) is 5.92 Å². The molecular formula is C15H30N2O2Si. The lowest BCUT2D eigenvalue weighted by atomic mass is 10.0. The molecule has 0 aliphatic carbocycles. The van der Waals surface area contributed by atoms with Gasteiger partial charge in [0.15, 0.2) is 8.24 Å². The fraction of sp³-hybridized carbons (Fsp3) is 0.867. The van der Waals surface area contributed by atoms with E-state index in [4.69, 9.17) is 0 Å². The second kappa shape index (κ2) is 6.29. The van der Waals surface area contributed by atoms with E-state index in [1.54, 1.807) is 0 Å². The number of carbonyl (C=O) groups excluding carboxylic acids is 2. The van der Waals surface area contributed by atoms with Gasteiger partial charge in [-0.15, -0.1) is 0 Å². The van der Waals surface area contributed by atoms with Crippen LogP contribution in [0.5, 0.6) is 0 Å². The Morgan fingerprint density at radius 3 is 1.75 bits per heavy atom. The van der Waals surface area contributed by atoms with Gasteiger partial charge in [0, 0.05) is 6.04 Å². The highest BCUT2D eigenvalue weighted by Gasteiger charge is 2.54. The highest BCUT2D eigenvalue weighted by atomic mass is 28.3. The van der Waals surface area contributed by atoms with Crippen LogP contribution in [0.4, 0.5) is 4.79 Å². The molecule has 1 aliphatic heterocycles. The van der Waals surface area contributed by atoms with E-state index in [2.05, 4.69) is 20.8 Å². The van der Waals surface area contributed by atoms with E-state index in [0.29, 0.717) is 0 Å². The molecule has 0 aromatic heterocycles.